The molecule has 0 atom stereocenters. The monoisotopic (exact) mass is 651 g/mol. The van der Waals surface area contributed by atoms with Crippen molar-refractivity contribution in [3.8, 4) is 0 Å². The first-order valence-electron chi connectivity index (χ1n) is 15.8. The average Bonchev–Trinajstić information content (AvgIpc) is 3.05. The molecule has 1 aliphatic rings. The maximum absolute atomic E-state index is 14.2. The lowest BCUT2D eigenvalue weighted by atomic mass is 10.00. The number of fused-ring (bicyclic) bond motifs is 1. The summed E-state index contributed by atoms with van der Waals surface area (Å²) < 4.78 is 28.4. The molecule has 8 nitrogen and oxygen atoms in total. The molecule has 2 heterocycles. The van der Waals surface area contributed by atoms with Crippen LogP contribution < -0.4 is 11.2 Å². The largest absolute Gasteiger partial charge is 0.464 e. The van der Waals surface area contributed by atoms with Crippen molar-refractivity contribution in [1.29, 1.82) is 0 Å². The molecule has 10 heteroatoms. The molecule has 0 spiro atoms. The zero-order valence-corrected chi connectivity index (χ0v) is 27.5. The van der Waals surface area contributed by atoms with Crippen LogP contribution >= 0.6 is 12.4 Å². The number of piperidine rings is 1. The zero-order chi connectivity index (χ0) is 32.0. The van der Waals surface area contributed by atoms with Crippen molar-refractivity contribution < 1.29 is 18.7 Å². The fourth-order valence-corrected chi connectivity index (χ4v) is 6.13. The van der Waals surface area contributed by atoms with E-state index in [1.807, 2.05) is 36.4 Å². The van der Waals surface area contributed by atoms with Crippen molar-refractivity contribution >= 4 is 29.3 Å². The van der Waals surface area contributed by atoms with Crippen LogP contribution in [0.4, 0.5) is 4.39 Å². The van der Waals surface area contributed by atoms with E-state index in [0.29, 0.717) is 18.5 Å². The van der Waals surface area contributed by atoms with Crippen LogP contribution in [0, 0.1) is 5.82 Å². The van der Waals surface area contributed by atoms with Gasteiger partial charge in [-0.2, -0.15) is 0 Å². The van der Waals surface area contributed by atoms with E-state index in [2.05, 4.69) is 29.2 Å². The lowest BCUT2D eigenvalue weighted by Gasteiger charge is -2.34. The Morgan fingerprint density at radius 3 is 2.09 bits per heavy atom. The molecule has 0 unspecified atom stereocenters. The van der Waals surface area contributed by atoms with E-state index in [0.717, 1.165) is 60.7 Å². The summed E-state index contributed by atoms with van der Waals surface area (Å²) in [7, 11) is 0. The number of unbranched alkanes of at least 4 members (excludes halogenated alkanes) is 1. The molecule has 0 saturated carbocycles. The number of rotatable bonds is 12. The zero-order valence-electron chi connectivity index (χ0n) is 26.7. The van der Waals surface area contributed by atoms with E-state index in [9.17, 15) is 18.8 Å². The van der Waals surface area contributed by atoms with E-state index < -0.39 is 28.6 Å². The first kappa shape index (κ1) is 35.1. The van der Waals surface area contributed by atoms with Crippen LogP contribution in [-0.4, -0.2) is 52.3 Å². The van der Waals surface area contributed by atoms with E-state index in [4.69, 9.17) is 9.47 Å². The van der Waals surface area contributed by atoms with Crippen LogP contribution in [0.1, 0.15) is 63.7 Å². The smallest absolute Gasteiger partial charge is 0.332 e. The van der Waals surface area contributed by atoms with Crippen molar-refractivity contribution in [3.05, 3.63) is 117 Å². The van der Waals surface area contributed by atoms with E-state index in [1.54, 1.807) is 6.92 Å². The maximum atomic E-state index is 14.2. The van der Waals surface area contributed by atoms with Gasteiger partial charge in [-0.05, 0) is 82.3 Å². The molecule has 5 rings (SSSR count). The van der Waals surface area contributed by atoms with Crippen LogP contribution in [0.3, 0.4) is 0 Å². The van der Waals surface area contributed by atoms with Crippen molar-refractivity contribution in [2.75, 3.05) is 26.2 Å². The summed E-state index contributed by atoms with van der Waals surface area (Å²) in [5.41, 5.74) is -0.232. The van der Waals surface area contributed by atoms with E-state index in [-0.39, 0.29) is 36.6 Å². The number of likely N-dealkylation sites (tertiary alicyclic amines) is 1. The minimum Gasteiger partial charge on any atom is -0.464 e. The Morgan fingerprint density at radius 2 is 1.50 bits per heavy atom. The molecule has 1 saturated heterocycles. The summed E-state index contributed by atoms with van der Waals surface area (Å²) in [6.07, 6.45) is 3.41. The summed E-state index contributed by atoms with van der Waals surface area (Å²) in [6.45, 7) is 7.74. The predicted molar refractivity (Wildman–Crippen MR) is 180 cm³/mol. The van der Waals surface area contributed by atoms with Crippen molar-refractivity contribution in [3.63, 3.8) is 0 Å². The highest BCUT2D eigenvalue weighted by Crippen LogP contribution is 2.30. The first-order chi connectivity index (χ1) is 21.7. The number of benzene rings is 3. The summed E-state index contributed by atoms with van der Waals surface area (Å²) >= 11 is 0. The summed E-state index contributed by atoms with van der Waals surface area (Å²) in [4.78, 5) is 42.2. The van der Waals surface area contributed by atoms with Gasteiger partial charge in [0, 0.05) is 19.6 Å². The molecular weight excluding hydrogens is 609 g/mol. The van der Waals surface area contributed by atoms with Gasteiger partial charge in [0.05, 0.1) is 23.6 Å². The van der Waals surface area contributed by atoms with Gasteiger partial charge in [0.15, 0.2) is 0 Å². The maximum Gasteiger partial charge on any atom is 0.332 e. The van der Waals surface area contributed by atoms with Gasteiger partial charge in [0.2, 0.25) is 0 Å². The number of carbonyl (C=O) groups excluding carboxylic acids is 1. The van der Waals surface area contributed by atoms with Crippen LogP contribution in [0.15, 0.2) is 88.5 Å². The molecule has 1 fully saturated rings. The van der Waals surface area contributed by atoms with E-state index in [1.165, 1.54) is 30.5 Å². The molecule has 246 valence electrons. The number of esters is 1. The van der Waals surface area contributed by atoms with Gasteiger partial charge >= 0.3 is 11.7 Å². The fraction of sp³-hybridized carbons (Fsp3) is 0.417. The second kappa shape index (κ2) is 15.7. The second-order valence-corrected chi connectivity index (χ2v) is 12.1. The first-order valence-corrected chi connectivity index (χ1v) is 15.8. The standard InChI is InChI=1S/C36H42FN3O5.ClH/c1-4-44-34(42)36(2,3)40-33(41)30-25-28(37)17-18-31(30)39(35(40)43)22-12-11-21-38-23-19-29(20-24-38)45-32(26-13-7-5-8-14-26)27-15-9-6-10-16-27;/h5-10,13-18,25,29,32H,4,11-12,19-24H2,1-3H3;1H. The van der Waals surface area contributed by atoms with Gasteiger partial charge in [-0.15, -0.1) is 12.4 Å². The number of halogens is 2. The number of hydrogen-bond acceptors (Lipinski definition) is 6. The molecule has 3 aromatic carbocycles. The quantitative estimate of drug-likeness (QED) is 0.137. The fourth-order valence-electron chi connectivity index (χ4n) is 6.13. The number of nitrogens with zero attached hydrogens (tertiary/aromatic N) is 3. The predicted octanol–water partition coefficient (Wildman–Crippen LogP) is 6.07. The Balaban J connectivity index is 0.00000480. The van der Waals surface area contributed by atoms with Gasteiger partial charge < -0.3 is 14.4 Å². The van der Waals surface area contributed by atoms with Gasteiger partial charge in [0.25, 0.3) is 5.56 Å². The Labute approximate surface area is 275 Å². The minimum absolute atomic E-state index is 0. The lowest BCUT2D eigenvalue weighted by molar-refractivity contribution is -0.152. The van der Waals surface area contributed by atoms with Crippen molar-refractivity contribution in [1.82, 2.24) is 14.0 Å². The number of ether oxygens (including phenoxy) is 2. The Hall–Kier alpha value is -3.79. The Bertz CT molecular complexity index is 1680. The molecule has 0 aliphatic carbocycles. The minimum atomic E-state index is -1.56. The third-order valence-electron chi connectivity index (χ3n) is 8.61. The third-order valence-corrected chi connectivity index (χ3v) is 8.61. The molecule has 0 bridgehead atoms. The number of aromatic nitrogens is 2. The summed E-state index contributed by atoms with van der Waals surface area (Å²) in [5, 5.41) is 0.0540. The number of hydrogen-bond donors (Lipinski definition) is 0. The molecule has 0 amide bonds. The van der Waals surface area contributed by atoms with Gasteiger partial charge in [-0.1, -0.05) is 60.7 Å². The summed E-state index contributed by atoms with van der Waals surface area (Å²) in [5.74, 6) is -1.28. The highest BCUT2D eigenvalue weighted by Gasteiger charge is 2.36. The van der Waals surface area contributed by atoms with Gasteiger partial charge in [-0.25, -0.2) is 18.5 Å². The second-order valence-electron chi connectivity index (χ2n) is 12.1. The lowest BCUT2D eigenvalue weighted by Crippen LogP contribution is -2.53. The molecule has 46 heavy (non-hydrogen) atoms. The molecule has 1 aliphatic heterocycles. The molecule has 0 N–H and O–H groups in total. The van der Waals surface area contributed by atoms with Gasteiger partial charge in [-0.3, -0.25) is 9.36 Å². The molecular formula is C36H43ClFN3O5. The van der Waals surface area contributed by atoms with Crippen LogP contribution in [0.25, 0.3) is 10.9 Å². The Morgan fingerprint density at radius 1 is 0.913 bits per heavy atom. The normalized spacial score (nSPS) is 14.4. The SMILES string of the molecule is CCOC(=O)C(C)(C)n1c(=O)c2cc(F)ccc2n(CCCCN2CCC(OC(c3ccccc3)c3ccccc3)CC2)c1=O.Cl. The van der Waals surface area contributed by atoms with Crippen molar-refractivity contribution in [2.24, 2.45) is 0 Å². The number of aryl methyl sites for hydroxylation is 1. The van der Waals surface area contributed by atoms with Crippen LogP contribution in [0.2, 0.25) is 0 Å². The molecule has 4 aromatic rings. The van der Waals surface area contributed by atoms with E-state index >= 15 is 0 Å². The third kappa shape index (κ3) is 7.77. The Kier molecular flexibility index (Phi) is 11.9. The van der Waals surface area contributed by atoms with Crippen LogP contribution in [0.5, 0.6) is 0 Å². The van der Waals surface area contributed by atoms with Crippen LogP contribution in [-0.2, 0) is 26.4 Å². The molecule has 1 aromatic heterocycles. The highest BCUT2D eigenvalue weighted by molar-refractivity contribution is 5.85. The van der Waals surface area contributed by atoms with Gasteiger partial charge in [0.1, 0.15) is 17.5 Å². The topological polar surface area (TPSA) is 82.8 Å². The highest BCUT2D eigenvalue weighted by atomic mass is 35.5. The molecule has 0 radical (unpaired) electrons. The van der Waals surface area contributed by atoms with Crippen molar-refractivity contribution in [2.45, 2.75) is 70.7 Å². The summed E-state index contributed by atoms with van der Waals surface area (Å²) in [6, 6.07) is 24.5. The average molecular weight is 652 g/mol. The number of carbonyl (C=O) groups is 1.